The highest BCUT2D eigenvalue weighted by Crippen LogP contribution is 2.19. The summed E-state index contributed by atoms with van der Waals surface area (Å²) in [4.78, 5) is 20.9. The Morgan fingerprint density at radius 3 is 2.67 bits per heavy atom. The minimum absolute atomic E-state index is 0.0201. The Hall–Kier alpha value is -1.29. The molecule has 12 heavy (non-hydrogen) atoms. The summed E-state index contributed by atoms with van der Waals surface area (Å²) in [6.07, 6.45) is 1.74. The maximum atomic E-state index is 10.5. The number of hydrogen-bond donors (Lipinski definition) is 1. The Morgan fingerprint density at radius 2 is 2.33 bits per heavy atom. The molecule has 64 valence electrons. The van der Waals surface area contributed by atoms with Crippen molar-refractivity contribution < 1.29 is 14.7 Å². The van der Waals surface area contributed by atoms with Crippen molar-refractivity contribution in [3.8, 4) is 0 Å². The average Bonchev–Trinajstić information content (AvgIpc) is 2.29. The smallest absolute Gasteiger partial charge is 0.338 e. The molecule has 1 heterocycles. The van der Waals surface area contributed by atoms with E-state index in [-0.39, 0.29) is 16.3 Å². The number of nitrogens with zero attached hydrogens (tertiary/aromatic N) is 1. The highest BCUT2D eigenvalue weighted by Gasteiger charge is 2.16. The highest BCUT2D eigenvalue weighted by atomic mass is 35.5. The van der Waals surface area contributed by atoms with E-state index in [0.29, 0.717) is 6.29 Å². The van der Waals surface area contributed by atoms with Gasteiger partial charge in [-0.3, -0.25) is 4.79 Å². The molecule has 0 saturated carbocycles. The van der Waals surface area contributed by atoms with E-state index in [1.807, 2.05) is 0 Å². The van der Waals surface area contributed by atoms with Gasteiger partial charge in [0, 0.05) is 13.2 Å². The molecule has 0 saturated heterocycles. The second-order valence-corrected chi connectivity index (χ2v) is 2.64. The minimum Gasteiger partial charge on any atom is -0.478 e. The lowest BCUT2D eigenvalue weighted by Crippen LogP contribution is -1.97. The molecule has 0 aromatic carbocycles. The fourth-order valence-electron chi connectivity index (χ4n) is 0.904. The van der Waals surface area contributed by atoms with Crippen LogP contribution >= 0.6 is 11.6 Å². The summed E-state index contributed by atoms with van der Waals surface area (Å²) >= 11 is 5.63. The van der Waals surface area contributed by atoms with E-state index in [1.165, 1.54) is 10.8 Å². The standard InChI is InChI=1S/C7H6ClNO3/c1-9-2-4(7(11)12)5(3-10)6(9)8/h2-3H,1H3,(H,11,12). The van der Waals surface area contributed by atoms with Gasteiger partial charge < -0.3 is 9.67 Å². The molecule has 0 amide bonds. The molecule has 0 radical (unpaired) electrons. The molecule has 1 rings (SSSR count). The van der Waals surface area contributed by atoms with Crippen molar-refractivity contribution in [2.24, 2.45) is 7.05 Å². The molecule has 0 aliphatic heterocycles. The number of rotatable bonds is 2. The van der Waals surface area contributed by atoms with Crippen molar-refractivity contribution in [2.45, 2.75) is 0 Å². The number of aromatic nitrogens is 1. The first-order valence-electron chi connectivity index (χ1n) is 3.11. The number of carboxylic acids is 1. The van der Waals surface area contributed by atoms with E-state index >= 15 is 0 Å². The first-order valence-corrected chi connectivity index (χ1v) is 3.49. The lowest BCUT2D eigenvalue weighted by atomic mass is 10.2. The fraction of sp³-hybridized carbons (Fsp3) is 0.143. The van der Waals surface area contributed by atoms with Crippen LogP contribution in [0.3, 0.4) is 0 Å². The Morgan fingerprint density at radius 1 is 1.75 bits per heavy atom. The monoisotopic (exact) mass is 187 g/mol. The van der Waals surface area contributed by atoms with Crippen LogP contribution in [0.15, 0.2) is 6.20 Å². The zero-order valence-corrected chi connectivity index (χ0v) is 7.00. The number of aromatic carboxylic acids is 1. The van der Waals surface area contributed by atoms with Gasteiger partial charge in [0.15, 0.2) is 6.29 Å². The van der Waals surface area contributed by atoms with E-state index in [9.17, 15) is 9.59 Å². The van der Waals surface area contributed by atoms with Crippen LogP contribution in [0.2, 0.25) is 5.15 Å². The number of carboxylic acid groups (broad SMARTS) is 1. The van der Waals surface area contributed by atoms with Crippen LogP contribution in [0.4, 0.5) is 0 Å². The van der Waals surface area contributed by atoms with Crippen molar-refractivity contribution in [2.75, 3.05) is 0 Å². The SMILES string of the molecule is Cn1cc(C(=O)O)c(C=O)c1Cl. The molecule has 0 atom stereocenters. The van der Waals surface area contributed by atoms with Gasteiger partial charge in [0.25, 0.3) is 0 Å². The molecule has 1 aromatic rings. The van der Waals surface area contributed by atoms with Gasteiger partial charge in [0.1, 0.15) is 5.15 Å². The Balaban J connectivity index is 3.39. The van der Waals surface area contributed by atoms with Crippen LogP contribution < -0.4 is 0 Å². The molecule has 0 aliphatic rings. The van der Waals surface area contributed by atoms with Crippen molar-refractivity contribution in [1.29, 1.82) is 0 Å². The van der Waals surface area contributed by atoms with Gasteiger partial charge in [-0.1, -0.05) is 11.6 Å². The maximum Gasteiger partial charge on any atom is 0.338 e. The van der Waals surface area contributed by atoms with E-state index in [2.05, 4.69) is 0 Å². The first kappa shape index (κ1) is 8.80. The fourth-order valence-corrected chi connectivity index (χ4v) is 1.10. The summed E-state index contributed by atoms with van der Waals surface area (Å²) in [6.45, 7) is 0. The number of aryl methyl sites for hydroxylation is 1. The highest BCUT2D eigenvalue weighted by molar-refractivity contribution is 6.32. The normalized spacial score (nSPS) is 9.83. The number of carbonyl (C=O) groups excluding carboxylic acids is 1. The van der Waals surface area contributed by atoms with Crippen molar-refractivity contribution in [3.63, 3.8) is 0 Å². The van der Waals surface area contributed by atoms with Gasteiger partial charge in [-0.05, 0) is 0 Å². The van der Waals surface area contributed by atoms with Crippen molar-refractivity contribution in [1.82, 2.24) is 4.57 Å². The quantitative estimate of drug-likeness (QED) is 0.708. The second kappa shape index (κ2) is 2.98. The topological polar surface area (TPSA) is 59.3 Å². The Kier molecular flexibility index (Phi) is 2.19. The number of halogens is 1. The largest absolute Gasteiger partial charge is 0.478 e. The van der Waals surface area contributed by atoms with Crippen LogP contribution in [0.25, 0.3) is 0 Å². The number of hydrogen-bond acceptors (Lipinski definition) is 2. The average molecular weight is 188 g/mol. The first-order chi connectivity index (χ1) is 5.57. The molecule has 0 spiro atoms. The van der Waals surface area contributed by atoms with E-state index in [0.717, 1.165) is 0 Å². The predicted molar refractivity (Wildman–Crippen MR) is 42.8 cm³/mol. The van der Waals surface area contributed by atoms with Crippen LogP contribution in [0.1, 0.15) is 20.7 Å². The molecule has 1 N–H and O–H groups in total. The maximum absolute atomic E-state index is 10.5. The van der Waals surface area contributed by atoms with E-state index < -0.39 is 5.97 Å². The third-order valence-corrected chi connectivity index (χ3v) is 1.96. The summed E-state index contributed by atoms with van der Waals surface area (Å²) in [7, 11) is 1.57. The van der Waals surface area contributed by atoms with Gasteiger partial charge in [0.2, 0.25) is 0 Å². The molecular formula is C7H6ClNO3. The van der Waals surface area contributed by atoms with E-state index in [1.54, 1.807) is 7.05 Å². The lowest BCUT2D eigenvalue weighted by Gasteiger charge is -1.90. The van der Waals surface area contributed by atoms with Crippen LogP contribution in [0.5, 0.6) is 0 Å². The Bertz CT molecular complexity index is 343. The van der Waals surface area contributed by atoms with Gasteiger partial charge in [0.05, 0.1) is 11.1 Å². The summed E-state index contributed by atoms with van der Waals surface area (Å²) in [5.74, 6) is -1.15. The molecule has 0 unspecified atom stereocenters. The second-order valence-electron chi connectivity index (χ2n) is 2.28. The van der Waals surface area contributed by atoms with Crippen molar-refractivity contribution in [3.05, 3.63) is 22.5 Å². The molecule has 5 heteroatoms. The zero-order valence-electron chi connectivity index (χ0n) is 6.24. The molecule has 0 fully saturated rings. The zero-order chi connectivity index (χ0) is 9.30. The van der Waals surface area contributed by atoms with Gasteiger partial charge in [-0.15, -0.1) is 0 Å². The molecule has 4 nitrogen and oxygen atoms in total. The van der Waals surface area contributed by atoms with E-state index in [4.69, 9.17) is 16.7 Å². The van der Waals surface area contributed by atoms with Gasteiger partial charge in [-0.25, -0.2) is 4.79 Å². The molecule has 1 aromatic heterocycles. The third kappa shape index (κ3) is 1.21. The summed E-state index contributed by atoms with van der Waals surface area (Å²) in [5, 5.41) is 8.74. The number of carbonyl (C=O) groups is 2. The Labute approximate surface area is 73.4 Å². The summed E-state index contributed by atoms with van der Waals surface area (Å²) in [5.41, 5.74) is -0.0517. The number of aldehydes is 1. The minimum atomic E-state index is -1.15. The van der Waals surface area contributed by atoms with Crippen molar-refractivity contribution >= 4 is 23.9 Å². The third-order valence-electron chi connectivity index (χ3n) is 1.49. The van der Waals surface area contributed by atoms with Crippen LogP contribution in [-0.4, -0.2) is 21.9 Å². The molecule has 0 bridgehead atoms. The summed E-state index contributed by atoms with van der Waals surface area (Å²) < 4.78 is 1.38. The van der Waals surface area contributed by atoms with Crippen LogP contribution in [-0.2, 0) is 7.05 Å². The van der Waals surface area contributed by atoms with Crippen LogP contribution in [0, 0.1) is 0 Å². The predicted octanol–water partition coefficient (Wildman–Crippen LogP) is 1.19. The lowest BCUT2D eigenvalue weighted by molar-refractivity contribution is 0.0694. The van der Waals surface area contributed by atoms with Gasteiger partial charge in [-0.2, -0.15) is 0 Å². The summed E-state index contributed by atoms with van der Waals surface area (Å²) in [6, 6.07) is 0. The van der Waals surface area contributed by atoms with Gasteiger partial charge >= 0.3 is 5.97 Å². The molecule has 0 aliphatic carbocycles. The molecular weight excluding hydrogens is 182 g/mol.